The molecule has 0 aromatic carbocycles. The van der Waals surface area contributed by atoms with Gasteiger partial charge in [0, 0.05) is 19.0 Å². The molecule has 1 heterocycles. The first kappa shape index (κ1) is 17.3. The van der Waals surface area contributed by atoms with Crippen LogP contribution in [0.1, 0.15) is 59.3 Å². The highest BCUT2D eigenvalue weighted by Crippen LogP contribution is 2.29. The van der Waals surface area contributed by atoms with Crippen LogP contribution in [-0.4, -0.2) is 46.6 Å². The van der Waals surface area contributed by atoms with Crippen molar-refractivity contribution in [2.45, 2.75) is 70.9 Å². The smallest absolute Gasteiger partial charge is 0.242 e. The van der Waals surface area contributed by atoms with Gasteiger partial charge in [-0.2, -0.15) is 0 Å². The number of carbonyl (C=O) groups is 2. The summed E-state index contributed by atoms with van der Waals surface area (Å²) in [5, 5.41) is 13.1. The van der Waals surface area contributed by atoms with Crippen LogP contribution >= 0.6 is 0 Å². The summed E-state index contributed by atoms with van der Waals surface area (Å²) in [5.41, 5.74) is -0.922. The quantitative estimate of drug-likeness (QED) is 0.812. The normalized spacial score (nSPS) is 25.5. The highest BCUT2D eigenvalue weighted by Gasteiger charge is 2.38. The Morgan fingerprint density at radius 2 is 1.86 bits per heavy atom. The van der Waals surface area contributed by atoms with Gasteiger partial charge in [-0.3, -0.25) is 9.59 Å². The minimum absolute atomic E-state index is 0.0626. The van der Waals surface area contributed by atoms with E-state index in [2.05, 4.69) is 5.32 Å². The van der Waals surface area contributed by atoms with E-state index in [0.717, 1.165) is 38.5 Å². The van der Waals surface area contributed by atoms with E-state index in [1.807, 2.05) is 13.8 Å². The predicted molar refractivity (Wildman–Crippen MR) is 85.2 cm³/mol. The molecular weight excluding hydrogens is 280 g/mol. The highest BCUT2D eigenvalue weighted by atomic mass is 16.3. The Morgan fingerprint density at radius 1 is 1.23 bits per heavy atom. The van der Waals surface area contributed by atoms with Crippen molar-refractivity contribution < 1.29 is 14.7 Å². The van der Waals surface area contributed by atoms with E-state index in [-0.39, 0.29) is 36.2 Å². The first-order chi connectivity index (χ1) is 10.3. The van der Waals surface area contributed by atoms with Crippen LogP contribution in [0.2, 0.25) is 0 Å². The Hall–Kier alpha value is -1.10. The zero-order valence-corrected chi connectivity index (χ0v) is 14.1. The van der Waals surface area contributed by atoms with Crippen LogP contribution in [0.5, 0.6) is 0 Å². The van der Waals surface area contributed by atoms with E-state index in [4.69, 9.17) is 0 Å². The molecule has 22 heavy (non-hydrogen) atoms. The van der Waals surface area contributed by atoms with Crippen molar-refractivity contribution in [3.8, 4) is 0 Å². The average molecular weight is 310 g/mol. The Labute approximate surface area is 133 Å². The van der Waals surface area contributed by atoms with Crippen molar-refractivity contribution in [3.63, 3.8) is 0 Å². The molecule has 2 aliphatic rings. The molecule has 0 aromatic heterocycles. The lowest BCUT2D eigenvalue weighted by atomic mass is 9.92. The molecule has 2 atom stereocenters. The number of hydrogen-bond donors (Lipinski definition) is 2. The van der Waals surface area contributed by atoms with Gasteiger partial charge in [0.1, 0.15) is 6.04 Å². The molecule has 5 heteroatoms. The van der Waals surface area contributed by atoms with E-state index in [1.165, 1.54) is 0 Å². The highest BCUT2D eigenvalue weighted by molar-refractivity contribution is 5.89. The Balaban J connectivity index is 1.92. The summed E-state index contributed by atoms with van der Waals surface area (Å²) in [5.74, 6) is 0.218. The minimum Gasteiger partial charge on any atom is -0.388 e. The molecule has 2 fully saturated rings. The molecule has 0 bridgehead atoms. The number of nitrogens with one attached hydrogen (secondary N) is 1. The zero-order chi connectivity index (χ0) is 16.3. The second kappa shape index (κ2) is 6.99. The van der Waals surface area contributed by atoms with Gasteiger partial charge >= 0.3 is 0 Å². The molecular formula is C17H30N2O3. The molecule has 1 saturated carbocycles. The average Bonchev–Trinajstić information content (AvgIpc) is 3.14. The fourth-order valence-electron chi connectivity index (χ4n) is 3.30. The summed E-state index contributed by atoms with van der Waals surface area (Å²) >= 11 is 0. The van der Waals surface area contributed by atoms with Gasteiger partial charge in [-0.25, -0.2) is 0 Å². The molecule has 126 valence electrons. The second-order valence-corrected chi connectivity index (χ2v) is 7.40. The third-order valence-corrected chi connectivity index (χ3v) is 5.41. The fourth-order valence-corrected chi connectivity index (χ4v) is 3.30. The van der Waals surface area contributed by atoms with Crippen molar-refractivity contribution in [1.29, 1.82) is 0 Å². The molecule has 2 unspecified atom stereocenters. The molecule has 0 radical (unpaired) electrons. The number of rotatable bonds is 5. The van der Waals surface area contributed by atoms with E-state index in [0.29, 0.717) is 6.54 Å². The van der Waals surface area contributed by atoms with Crippen molar-refractivity contribution in [3.05, 3.63) is 0 Å². The van der Waals surface area contributed by atoms with Gasteiger partial charge in [0.05, 0.1) is 5.60 Å². The lowest BCUT2D eigenvalue weighted by Gasteiger charge is -2.30. The molecule has 0 spiro atoms. The van der Waals surface area contributed by atoms with Gasteiger partial charge in [-0.05, 0) is 38.5 Å². The van der Waals surface area contributed by atoms with E-state index in [1.54, 1.807) is 11.8 Å². The van der Waals surface area contributed by atoms with Gasteiger partial charge in [0.15, 0.2) is 0 Å². The predicted octanol–water partition coefficient (Wildman–Crippen LogP) is 1.69. The molecule has 2 amide bonds. The number of carbonyl (C=O) groups excluding carboxylic acids is 2. The van der Waals surface area contributed by atoms with E-state index in [9.17, 15) is 14.7 Å². The van der Waals surface area contributed by atoms with Crippen LogP contribution in [-0.2, 0) is 9.59 Å². The maximum atomic E-state index is 12.6. The van der Waals surface area contributed by atoms with Gasteiger partial charge in [-0.15, -0.1) is 0 Å². The summed E-state index contributed by atoms with van der Waals surface area (Å²) in [6, 6.07) is -0.351. The topological polar surface area (TPSA) is 69.6 Å². The minimum atomic E-state index is -0.922. The van der Waals surface area contributed by atoms with E-state index >= 15 is 0 Å². The zero-order valence-electron chi connectivity index (χ0n) is 14.1. The third-order valence-electron chi connectivity index (χ3n) is 5.41. The second-order valence-electron chi connectivity index (χ2n) is 7.40. The Morgan fingerprint density at radius 3 is 2.45 bits per heavy atom. The van der Waals surface area contributed by atoms with Crippen molar-refractivity contribution >= 4 is 11.8 Å². The van der Waals surface area contributed by atoms with Gasteiger partial charge < -0.3 is 15.3 Å². The van der Waals surface area contributed by atoms with Crippen molar-refractivity contribution in [1.82, 2.24) is 10.2 Å². The van der Waals surface area contributed by atoms with Crippen LogP contribution in [0.15, 0.2) is 0 Å². The first-order valence-corrected chi connectivity index (χ1v) is 8.63. The SMILES string of the molecule is CC(C)C(C)(O)CNC(=O)C1CCCN1C(=O)C1CCCC1. The molecule has 1 saturated heterocycles. The fraction of sp³-hybridized carbons (Fsp3) is 0.882. The number of nitrogens with zero attached hydrogens (tertiary/aromatic N) is 1. The molecule has 2 rings (SSSR count). The first-order valence-electron chi connectivity index (χ1n) is 8.63. The Kier molecular flexibility index (Phi) is 5.48. The standard InChI is InChI=1S/C17H30N2O3/c1-12(2)17(3,22)11-18-15(20)14-9-6-10-19(14)16(21)13-7-4-5-8-13/h12-14,22H,4-11H2,1-3H3,(H,18,20). The maximum absolute atomic E-state index is 12.6. The van der Waals surface area contributed by atoms with Crippen LogP contribution in [0, 0.1) is 11.8 Å². The number of aliphatic hydroxyl groups is 1. The van der Waals surface area contributed by atoms with Crippen molar-refractivity contribution in [2.75, 3.05) is 13.1 Å². The molecule has 0 aromatic rings. The van der Waals surface area contributed by atoms with Crippen LogP contribution < -0.4 is 5.32 Å². The van der Waals surface area contributed by atoms with Gasteiger partial charge in [0.25, 0.3) is 0 Å². The monoisotopic (exact) mass is 310 g/mol. The summed E-state index contributed by atoms with van der Waals surface area (Å²) in [6.07, 6.45) is 5.79. The lowest BCUT2D eigenvalue weighted by Crippen LogP contribution is -2.51. The lowest BCUT2D eigenvalue weighted by molar-refractivity contribution is -0.141. The third kappa shape index (κ3) is 3.80. The number of likely N-dealkylation sites (tertiary alicyclic amines) is 1. The van der Waals surface area contributed by atoms with Crippen LogP contribution in [0.3, 0.4) is 0 Å². The summed E-state index contributed by atoms with van der Waals surface area (Å²) in [4.78, 5) is 26.8. The largest absolute Gasteiger partial charge is 0.388 e. The molecule has 5 nitrogen and oxygen atoms in total. The molecule has 1 aliphatic heterocycles. The maximum Gasteiger partial charge on any atom is 0.242 e. The molecule has 1 aliphatic carbocycles. The van der Waals surface area contributed by atoms with Gasteiger partial charge in [0.2, 0.25) is 11.8 Å². The number of amides is 2. The van der Waals surface area contributed by atoms with Crippen molar-refractivity contribution in [2.24, 2.45) is 11.8 Å². The summed E-state index contributed by atoms with van der Waals surface area (Å²) < 4.78 is 0. The summed E-state index contributed by atoms with van der Waals surface area (Å²) in [6.45, 7) is 6.50. The van der Waals surface area contributed by atoms with Crippen LogP contribution in [0.4, 0.5) is 0 Å². The summed E-state index contributed by atoms with van der Waals surface area (Å²) in [7, 11) is 0. The van der Waals surface area contributed by atoms with E-state index < -0.39 is 5.60 Å². The van der Waals surface area contributed by atoms with Crippen LogP contribution in [0.25, 0.3) is 0 Å². The molecule has 2 N–H and O–H groups in total. The number of hydrogen-bond acceptors (Lipinski definition) is 3. The van der Waals surface area contributed by atoms with Gasteiger partial charge in [-0.1, -0.05) is 26.7 Å². The Bertz CT molecular complexity index is 414.